The Labute approximate surface area is 182 Å². The van der Waals surface area contributed by atoms with Crippen LogP contribution in [-0.2, 0) is 0 Å². The summed E-state index contributed by atoms with van der Waals surface area (Å²) in [5, 5.41) is 0. The Balaban J connectivity index is 1.26. The molecule has 0 bridgehead atoms. The normalized spacial score (nSPS) is 15.6. The van der Waals surface area contributed by atoms with Gasteiger partial charge in [-0.3, -0.25) is 4.57 Å². The molecule has 0 saturated carbocycles. The van der Waals surface area contributed by atoms with Crippen molar-refractivity contribution in [3.8, 4) is 0 Å². The molecule has 4 heteroatoms. The fraction of sp³-hybridized carbons (Fsp3) is 0.296. The first-order valence-electron chi connectivity index (χ1n) is 11.2. The van der Waals surface area contributed by atoms with Crippen molar-refractivity contribution in [2.75, 3.05) is 19.6 Å². The Bertz CT molecular complexity index is 1130. The van der Waals surface area contributed by atoms with Crippen molar-refractivity contribution >= 4 is 11.1 Å². The van der Waals surface area contributed by atoms with Gasteiger partial charge < -0.3 is 9.32 Å². The SMILES string of the molecule is O=c1oc2ccccc2n1C1CCN(CCC(c2ccccc2)c2ccccc2)CC1. The van der Waals surface area contributed by atoms with E-state index < -0.39 is 0 Å². The first kappa shape index (κ1) is 19.8. The summed E-state index contributed by atoms with van der Waals surface area (Å²) in [5.74, 6) is 0.174. The lowest BCUT2D eigenvalue weighted by Gasteiger charge is -2.33. The number of likely N-dealkylation sites (tertiary alicyclic amines) is 1. The number of fused-ring (bicyclic) bond motifs is 1. The van der Waals surface area contributed by atoms with E-state index >= 15 is 0 Å². The quantitative estimate of drug-likeness (QED) is 0.422. The number of hydrogen-bond acceptors (Lipinski definition) is 3. The van der Waals surface area contributed by atoms with Crippen LogP contribution in [0.3, 0.4) is 0 Å². The van der Waals surface area contributed by atoms with E-state index in [2.05, 4.69) is 65.6 Å². The minimum atomic E-state index is -0.229. The third kappa shape index (κ3) is 4.21. The van der Waals surface area contributed by atoms with E-state index in [1.807, 2.05) is 28.8 Å². The molecule has 0 amide bonds. The van der Waals surface area contributed by atoms with Crippen LogP contribution in [0.1, 0.15) is 42.3 Å². The van der Waals surface area contributed by atoms with Crippen LogP contribution >= 0.6 is 0 Å². The van der Waals surface area contributed by atoms with E-state index in [0.29, 0.717) is 11.5 Å². The van der Waals surface area contributed by atoms with Crippen molar-refractivity contribution in [1.29, 1.82) is 0 Å². The van der Waals surface area contributed by atoms with E-state index in [1.54, 1.807) is 0 Å². The number of piperidine rings is 1. The van der Waals surface area contributed by atoms with Crippen molar-refractivity contribution in [2.45, 2.75) is 31.2 Å². The largest absolute Gasteiger partial charge is 0.420 e. The molecule has 0 N–H and O–H groups in total. The molecule has 158 valence electrons. The van der Waals surface area contributed by atoms with E-state index in [9.17, 15) is 4.79 Å². The second-order valence-corrected chi connectivity index (χ2v) is 8.44. The lowest BCUT2D eigenvalue weighted by atomic mass is 9.88. The molecule has 1 fully saturated rings. The molecule has 1 aliphatic rings. The summed E-state index contributed by atoms with van der Waals surface area (Å²) in [5.41, 5.74) is 4.35. The maximum Gasteiger partial charge on any atom is 0.420 e. The number of nitrogens with zero attached hydrogens (tertiary/aromatic N) is 2. The van der Waals surface area contributed by atoms with Crippen molar-refractivity contribution in [3.63, 3.8) is 0 Å². The molecule has 0 atom stereocenters. The molecule has 4 nitrogen and oxygen atoms in total. The lowest BCUT2D eigenvalue weighted by molar-refractivity contribution is 0.180. The second-order valence-electron chi connectivity index (χ2n) is 8.44. The predicted molar refractivity (Wildman–Crippen MR) is 125 cm³/mol. The van der Waals surface area contributed by atoms with Gasteiger partial charge in [-0.2, -0.15) is 0 Å². The lowest BCUT2D eigenvalue weighted by Crippen LogP contribution is -2.37. The summed E-state index contributed by atoms with van der Waals surface area (Å²) in [4.78, 5) is 15.0. The minimum absolute atomic E-state index is 0.214. The third-order valence-corrected chi connectivity index (χ3v) is 6.58. The summed E-state index contributed by atoms with van der Waals surface area (Å²) < 4.78 is 7.31. The van der Waals surface area contributed by atoms with Crippen molar-refractivity contribution in [2.24, 2.45) is 0 Å². The number of rotatable bonds is 6. The molecule has 0 spiro atoms. The first-order valence-corrected chi connectivity index (χ1v) is 11.2. The smallest absolute Gasteiger partial charge is 0.408 e. The zero-order chi connectivity index (χ0) is 21.0. The van der Waals surface area contributed by atoms with Crippen LogP contribution in [0.4, 0.5) is 0 Å². The number of oxazole rings is 1. The monoisotopic (exact) mass is 412 g/mol. The van der Waals surface area contributed by atoms with Gasteiger partial charge in [0.15, 0.2) is 5.58 Å². The second kappa shape index (κ2) is 8.94. The summed E-state index contributed by atoms with van der Waals surface area (Å²) in [6, 6.07) is 29.6. The zero-order valence-electron chi connectivity index (χ0n) is 17.7. The molecule has 0 radical (unpaired) electrons. The molecule has 1 aliphatic heterocycles. The van der Waals surface area contributed by atoms with Gasteiger partial charge in [0.2, 0.25) is 0 Å². The summed E-state index contributed by atoms with van der Waals surface area (Å²) >= 11 is 0. The van der Waals surface area contributed by atoms with Crippen molar-refractivity contribution in [3.05, 3.63) is 107 Å². The van der Waals surface area contributed by atoms with Gasteiger partial charge in [0, 0.05) is 25.0 Å². The fourth-order valence-electron chi connectivity index (χ4n) is 4.94. The molecule has 4 aromatic rings. The average Bonchev–Trinajstić information content (AvgIpc) is 3.17. The van der Waals surface area contributed by atoms with Gasteiger partial charge in [-0.25, -0.2) is 4.79 Å². The highest BCUT2D eigenvalue weighted by Crippen LogP contribution is 2.30. The Morgan fingerprint density at radius 3 is 2.03 bits per heavy atom. The fourth-order valence-corrected chi connectivity index (χ4v) is 4.94. The molecular weight excluding hydrogens is 384 g/mol. The Morgan fingerprint density at radius 1 is 0.806 bits per heavy atom. The number of para-hydroxylation sites is 2. The Kier molecular flexibility index (Phi) is 5.72. The van der Waals surface area contributed by atoms with Crippen LogP contribution < -0.4 is 5.76 Å². The van der Waals surface area contributed by atoms with Crippen molar-refractivity contribution in [1.82, 2.24) is 9.47 Å². The summed E-state index contributed by atoms with van der Waals surface area (Å²) in [6.07, 6.45) is 3.04. The highest BCUT2D eigenvalue weighted by Gasteiger charge is 2.25. The van der Waals surface area contributed by atoms with Crippen molar-refractivity contribution < 1.29 is 4.42 Å². The highest BCUT2D eigenvalue weighted by atomic mass is 16.4. The van der Waals surface area contributed by atoms with Crippen LogP contribution in [0, 0.1) is 0 Å². The van der Waals surface area contributed by atoms with Gasteiger partial charge in [-0.05, 0) is 49.1 Å². The highest BCUT2D eigenvalue weighted by molar-refractivity contribution is 5.72. The van der Waals surface area contributed by atoms with Gasteiger partial charge in [-0.1, -0.05) is 72.8 Å². The van der Waals surface area contributed by atoms with Crippen LogP contribution in [0.2, 0.25) is 0 Å². The maximum atomic E-state index is 12.4. The topological polar surface area (TPSA) is 38.4 Å². The maximum absolute atomic E-state index is 12.4. The van der Waals surface area contributed by atoms with Crippen LogP contribution in [0.25, 0.3) is 11.1 Å². The van der Waals surface area contributed by atoms with E-state index in [4.69, 9.17) is 4.42 Å². The first-order chi connectivity index (χ1) is 15.3. The van der Waals surface area contributed by atoms with Gasteiger partial charge in [0.25, 0.3) is 0 Å². The van der Waals surface area contributed by atoms with Gasteiger partial charge >= 0.3 is 5.76 Å². The Hall–Kier alpha value is -3.11. The van der Waals surface area contributed by atoms with Crippen LogP contribution in [-0.4, -0.2) is 29.1 Å². The van der Waals surface area contributed by atoms with E-state index in [-0.39, 0.29) is 11.8 Å². The number of hydrogen-bond donors (Lipinski definition) is 0. The molecule has 31 heavy (non-hydrogen) atoms. The van der Waals surface area contributed by atoms with Gasteiger partial charge in [-0.15, -0.1) is 0 Å². The van der Waals surface area contributed by atoms with Crippen LogP contribution in [0.5, 0.6) is 0 Å². The molecule has 0 unspecified atom stereocenters. The summed E-state index contributed by atoms with van der Waals surface area (Å²) in [7, 11) is 0. The standard InChI is InChI=1S/C27H28N2O2/c30-27-29(25-13-7-8-14-26(25)31-27)23-15-18-28(19-16-23)20-17-24(21-9-3-1-4-10-21)22-11-5-2-6-12-22/h1-14,23-24H,15-20H2. The minimum Gasteiger partial charge on any atom is -0.408 e. The predicted octanol–water partition coefficient (Wildman–Crippen LogP) is 5.45. The molecule has 1 saturated heterocycles. The van der Waals surface area contributed by atoms with E-state index in [0.717, 1.165) is 44.4 Å². The Morgan fingerprint density at radius 2 is 1.39 bits per heavy atom. The van der Waals surface area contributed by atoms with Gasteiger partial charge in [0.1, 0.15) is 0 Å². The number of aromatic nitrogens is 1. The summed E-state index contributed by atoms with van der Waals surface area (Å²) in [6.45, 7) is 3.07. The molecule has 3 aromatic carbocycles. The zero-order valence-corrected chi connectivity index (χ0v) is 17.7. The number of benzene rings is 3. The molecule has 0 aliphatic carbocycles. The molecular formula is C27H28N2O2. The van der Waals surface area contributed by atoms with Gasteiger partial charge in [0.05, 0.1) is 5.52 Å². The molecule has 2 heterocycles. The molecule has 1 aromatic heterocycles. The third-order valence-electron chi connectivity index (χ3n) is 6.58. The van der Waals surface area contributed by atoms with Crippen LogP contribution in [0.15, 0.2) is 94.1 Å². The van der Waals surface area contributed by atoms with E-state index in [1.165, 1.54) is 11.1 Å². The molecule has 5 rings (SSSR count). The average molecular weight is 413 g/mol.